The zero-order chi connectivity index (χ0) is 15.9. The second-order valence-electron chi connectivity index (χ2n) is 3.30. The average molecular weight is 308 g/mol. The molecule has 0 fully saturated rings. The van der Waals surface area contributed by atoms with Gasteiger partial charge in [-0.3, -0.25) is 0 Å². The van der Waals surface area contributed by atoms with E-state index in [1.54, 1.807) is 0 Å². The van der Waals surface area contributed by atoms with Gasteiger partial charge in [-0.25, -0.2) is 4.79 Å². The van der Waals surface area contributed by atoms with E-state index < -0.39 is 36.2 Å². The molecule has 1 unspecified atom stereocenters. The van der Waals surface area contributed by atoms with E-state index in [1.807, 2.05) is 0 Å². The molecule has 114 valence electrons. The van der Waals surface area contributed by atoms with E-state index in [0.29, 0.717) is 0 Å². The molecule has 3 nitrogen and oxygen atoms in total. The minimum Gasteiger partial charge on any atom is -0.450 e. The number of rotatable bonds is 2. The molecule has 0 saturated heterocycles. The van der Waals surface area contributed by atoms with E-state index in [-0.39, 0.29) is 6.92 Å². The van der Waals surface area contributed by atoms with E-state index in [9.17, 15) is 44.3 Å². The molecule has 0 rings (SSSR count). The second-order valence-corrected chi connectivity index (χ2v) is 3.30. The van der Waals surface area contributed by atoms with Gasteiger partial charge < -0.3 is 9.84 Å². The molecule has 19 heavy (non-hydrogen) atoms. The molecule has 0 amide bonds. The molecule has 1 N–H and O–H groups in total. The highest BCUT2D eigenvalue weighted by atomic mass is 19.4. The van der Waals surface area contributed by atoms with Crippen LogP contribution in [0.3, 0.4) is 0 Å². The van der Waals surface area contributed by atoms with Crippen LogP contribution in [0.2, 0.25) is 0 Å². The lowest BCUT2D eigenvalue weighted by Crippen LogP contribution is -2.63. The molecule has 1 atom stereocenters. The summed E-state index contributed by atoms with van der Waals surface area (Å²) in [6, 6.07) is 0. The first-order valence-electron chi connectivity index (χ1n) is 4.18. The van der Waals surface area contributed by atoms with Gasteiger partial charge in [-0.1, -0.05) is 0 Å². The summed E-state index contributed by atoms with van der Waals surface area (Å²) in [5.74, 6) is -3.50. The molecule has 0 aliphatic rings. The van der Waals surface area contributed by atoms with Crippen molar-refractivity contribution in [3.63, 3.8) is 0 Å². The SMILES string of the molecule is CC(OC(=O)C(O)(C(F)(F)F)C(F)(F)F)C(F)(F)F. The van der Waals surface area contributed by atoms with Gasteiger partial charge in [-0.2, -0.15) is 39.5 Å². The van der Waals surface area contributed by atoms with Crippen molar-refractivity contribution in [3.8, 4) is 0 Å². The van der Waals surface area contributed by atoms with Crippen LogP contribution in [0, 0.1) is 0 Å². The summed E-state index contributed by atoms with van der Waals surface area (Å²) in [4.78, 5) is 10.6. The minimum absolute atomic E-state index is 0.00503. The predicted molar refractivity (Wildman–Crippen MR) is 38.7 cm³/mol. The average Bonchev–Trinajstić information content (AvgIpc) is 2.10. The van der Waals surface area contributed by atoms with Gasteiger partial charge in [-0.15, -0.1) is 0 Å². The fourth-order valence-corrected chi connectivity index (χ4v) is 0.705. The normalized spacial score (nSPS) is 16.2. The van der Waals surface area contributed by atoms with Gasteiger partial charge >= 0.3 is 30.1 Å². The Morgan fingerprint density at radius 3 is 1.47 bits per heavy atom. The standard InChI is InChI=1S/C7H5F9O3/c1-2(5(8,9)10)19-3(17)4(18,6(11,12)13)7(14,15)16/h2,18H,1H3. The molecule has 0 aliphatic carbocycles. The summed E-state index contributed by atoms with van der Waals surface area (Å²) >= 11 is 0. The number of aliphatic hydroxyl groups is 1. The van der Waals surface area contributed by atoms with Crippen LogP contribution in [-0.4, -0.2) is 41.3 Å². The third-order valence-corrected chi connectivity index (χ3v) is 1.86. The van der Waals surface area contributed by atoms with Crippen LogP contribution < -0.4 is 0 Å². The molecular weight excluding hydrogens is 303 g/mol. The molecule has 0 radical (unpaired) electrons. The van der Waals surface area contributed by atoms with Crippen molar-refractivity contribution >= 4 is 5.97 Å². The highest BCUT2D eigenvalue weighted by molar-refractivity contribution is 5.81. The molecule has 0 spiro atoms. The summed E-state index contributed by atoms with van der Waals surface area (Å²) in [6.45, 7) is 0.00503. The Kier molecular flexibility index (Phi) is 4.42. The van der Waals surface area contributed by atoms with Crippen LogP contribution >= 0.6 is 0 Å². The summed E-state index contributed by atoms with van der Waals surface area (Å²) in [6.07, 6.45) is -21.8. The lowest BCUT2D eigenvalue weighted by molar-refractivity contribution is -0.360. The van der Waals surface area contributed by atoms with Crippen molar-refractivity contribution in [2.75, 3.05) is 0 Å². The first-order valence-corrected chi connectivity index (χ1v) is 4.18. The third-order valence-electron chi connectivity index (χ3n) is 1.86. The van der Waals surface area contributed by atoms with Gasteiger partial charge in [0, 0.05) is 0 Å². The molecule has 0 aromatic carbocycles. The molecule has 12 heteroatoms. The van der Waals surface area contributed by atoms with Gasteiger partial charge in [0.1, 0.15) is 0 Å². The van der Waals surface area contributed by atoms with Crippen LogP contribution in [0.25, 0.3) is 0 Å². The quantitative estimate of drug-likeness (QED) is 0.629. The number of carbonyl (C=O) groups is 1. The van der Waals surface area contributed by atoms with Gasteiger partial charge in [0.2, 0.25) is 0 Å². The Labute approximate surface area is 98.5 Å². The maximum Gasteiger partial charge on any atom is 0.437 e. The third kappa shape index (κ3) is 3.42. The highest BCUT2D eigenvalue weighted by Gasteiger charge is 2.77. The largest absolute Gasteiger partial charge is 0.450 e. The summed E-state index contributed by atoms with van der Waals surface area (Å²) in [7, 11) is 0. The number of esters is 1. The smallest absolute Gasteiger partial charge is 0.437 e. The monoisotopic (exact) mass is 308 g/mol. The van der Waals surface area contributed by atoms with Crippen LogP contribution in [0.5, 0.6) is 0 Å². The molecule has 0 saturated carbocycles. The zero-order valence-corrected chi connectivity index (χ0v) is 8.74. The topological polar surface area (TPSA) is 46.5 Å². The fourth-order valence-electron chi connectivity index (χ4n) is 0.705. The van der Waals surface area contributed by atoms with Crippen molar-refractivity contribution in [1.82, 2.24) is 0 Å². The predicted octanol–water partition coefficient (Wildman–Crippen LogP) is 2.34. The van der Waals surface area contributed by atoms with Crippen LogP contribution in [0.15, 0.2) is 0 Å². The lowest BCUT2D eigenvalue weighted by atomic mass is 10.0. The summed E-state index contributed by atoms with van der Waals surface area (Å²) < 4.78 is 111. The molecule has 0 aliphatic heterocycles. The van der Waals surface area contributed by atoms with Crippen LogP contribution in [-0.2, 0) is 9.53 Å². The first kappa shape index (κ1) is 17.8. The van der Waals surface area contributed by atoms with E-state index >= 15 is 0 Å². The van der Waals surface area contributed by atoms with E-state index in [1.165, 1.54) is 0 Å². The summed E-state index contributed by atoms with van der Waals surface area (Å²) in [5, 5.41) is 8.38. The molecule has 0 bridgehead atoms. The Bertz CT molecular complexity index is 325. The number of hydrogen-bond donors (Lipinski definition) is 1. The summed E-state index contributed by atoms with van der Waals surface area (Å²) in [5.41, 5.74) is -6.03. The molecule has 0 aromatic heterocycles. The van der Waals surface area contributed by atoms with Crippen molar-refractivity contribution < 1.29 is 54.2 Å². The van der Waals surface area contributed by atoms with Gasteiger partial charge in [0.25, 0.3) is 0 Å². The van der Waals surface area contributed by atoms with Gasteiger partial charge in [0.15, 0.2) is 6.10 Å². The Balaban J connectivity index is 5.42. The first-order chi connectivity index (χ1) is 8.05. The van der Waals surface area contributed by atoms with E-state index in [0.717, 1.165) is 0 Å². The van der Waals surface area contributed by atoms with Gasteiger partial charge in [-0.05, 0) is 6.92 Å². The number of alkyl halides is 9. The number of ether oxygens (including phenoxy) is 1. The van der Waals surface area contributed by atoms with Crippen molar-refractivity contribution in [2.45, 2.75) is 37.2 Å². The zero-order valence-electron chi connectivity index (χ0n) is 8.74. The van der Waals surface area contributed by atoms with E-state index in [4.69, 9.17) is 5.11 Å². The van der Waals surface area contributed by atoms with Gasteiger partial charge in [0.05, 0.1) is 0 Å². The highest BCUT2D eigenvalue weighted by Crippen LogP contribution is 2.44. The molecular formula is C7H5F9O3. The van der Waals surface area contributed by atoms with Crippen molar-refractivity contribution in [1.29, 1.82) is 0 Å². The Hall–Kier alpha value is -1.20. The number of halogens is 9. The maximum atomic E-state index is 12.0. The lowest BCUT2D eigenvalue weighted by Gasteiger charge is -2.31. The Morgan fingerprint density at radius 1 is 0.947 bits per heavy atom. The number of hydrogen-bond acceptors (Lipinski definition) is 3. The molecule has 0 heterocycles. The Morgan fingerprint density at radius 2 is 1.26 bits per heavy atom. The fraction of sp³-hybridized carbons (Fsp3) is 0.857. The number of carbonyl (C=O) groups excluding carboxylic acids is 1. The molecule has 0 aromatic rings. The van der Waals surface area contributed by atoms with Crippen LogP contribution in [0.4, 0.5) is 39.5 Å². The maximum absolute atomic E-state index is 12.0. The minimum atomic E-state index is -6.59. The van der Waals surface area contributed by atoms with E-state index in [2.05, 4.69) is 4.74 Å². The van der Waals surface area contributed by atoms with Crippen molar-refractivity contribution in [2.24, 2.45) is 0 Å². The van der Waals surface area contributed by atoms with Crippen LogP contribution in [0.1, 0.15) is 6.92 Å². The second kappa shape index (κ2) is 4.72. The van der Waals surface area contributed by atoms with Crippen molar-refractivity contribution in [3.05, 3.63) is 0 Å².